The summed E-state index contributed by atoms with van der Waals surface area (Å²) in [6, 6.07) is 7.43. The highest BCUT2D eigenvalue weighted by Crippen LogP contribution is 2.33. The molecule has 0 aromatic heterocycles. The van der Waals surface area contributed by atoms with E-state index >= 15 is 0 Å². The average molecular weight is 250 g/mol. The van der Waals surface area contributed by atoms with E-state index in [1.165, 1.54) is 0 Å². The molecule has 1 aliphatic heterocycles. The smallest absolute Gasteiger partial charge is 0.415 e. The monoisotopic (exact) mass is 250 g/mol. The first-order chi connectivity index (χ1) is 8.59. The molecule has 5 nitrogen and oxygen atoms in total. The molecule has 0 radical (unpaired) electrons. The van der Waals surface area contributed by atoms with Gasteiger partial charge in [0.1, 0.15) is 11.4 Å². The van der Waals surface area contributed by atoms with E-state index in [0.29, 0.717) is 18.8 Å². The highest BCUT2D eigenvalue weighted by atomic mass is 16.6. The van der Waals surface area contributed by atoms with E-state index < -0.39 is 5.60 Å². The molecule has 1 aromatic rings. The number of amides is 1. The van der Waals surface area contributed by atoms with Crippen molar-refractivity contribution in [1.29, 1.82) is 0 Å². The first-order valence-electron chi connectivity index (χ1n) is 5.88. The van der Waals surface area contributed by atoms with E-state index in [2.05, 4.69) is 5.32 Å². The van der Waals surface area contributed by atoms with Crippen molar-refractivity contribution in [3.63, 3.8) is 0 Å². The maximum atomic E-state index is 12.0. The first kappa shape index (κ1) is 12.7. The van der Waals surface area contributed by atoms with Crippen LogP contribution in [0.25, 0.3) is 0 Å². The van der Waals surface area contributed by atoms with Gasteiger partial charge in [0, 0.05) is 6.54 Å². The van der Waals surface area contributed by atoms with E-state index in [4.69, 9.17) is 9.47 Å². The van der Waals surface area contributed by atoms with Gasteiger partial charge in [-0.15, -0.1) is 0 Å². The molecule has 1 N–H and O–H groups in total. The average Bonchev–Trinajstić information content (AvgIpc) is 2.65. The van der Waals surface area contributed by atoms with E-state index in [1.807, 2.05) is 38.2 Å². The van der Waals surface area contributed by atoms with Gasteiger partial charge in [-0.3, -0.25) is 4.90 Å². The van der Waals surface area contributed by atoms with Crippen LogP contribution in [0.5, 0.6) is 5.75 Å². The Labute approximate surface area is 107 Å². The number of nitrogens with one attached hydrogen (secondary N) is 1. The summed E-state index contributed by atoms with van der Waals surface area (Å²) in [7, 11) is 3.43. The van der Waals surface area contributed by atoms with Gasteiger partial charge in [0.05, 0.1) is 19.3 Å². The van der Waals surface area contributed by atoms with Gasteiger partial charge in [-0.05, 0) is 26.1 Å². The number of para-hydroxylation sites is 2. The Kier molecular flexibility index (Phi) is 3.43. The van der Waals surface area contributed by atoms with Crippen LogP contribution in [0.15, 0.2) is 24.3 Å². The lowest BCUT2D eigenvalue weighted by Gasteiger charge is -2.21. The van der Waals surface area contributed by atoms with Crippen LogP contribution in [0.3, 0.4) is 0 Å². The fourth-order valence-electron chi connectivity index (χ4n) is 2.20. The summed E-state index contributed by atoms with van der Waals surface area (Å²) in [5.74, 6) is 0.670. The number of likely N-dealkylation sites (N-methyl/N-ethyl adjacent to an activating group) is 1. The Morgan fingerprint density at radius 1 is 1.50 bits per heavy atom. The molecule has 1 unspecified atom stereocenters. The van der Waals surface area contributed by atoms with Crippen molar-refractivity contribution in [3.05, 3.63) is 24.3 Å². The molecule has 0 aliphatic carbocycles. The summed E-state index contributed by atoms with van der Waals surface area (Å²) in [6.45, 7) is 3.04. The molecule has 0 saturated carbocycles. The van der Waals surface area contributed by atoms with Crippen LogP contribution in [0, 0.1) is 0 Å². The van der Waals surface area contributed by atoms with Crippen molar-refractivity contribution in [3.8, 4) is 5.75 Å². The van der Waals surface area contributed by atoms with Gasteiger partial charge in [-0.25, -0.2) is 4.79 Å². The summed E-state index contributed by atoms with van der Waals surface area (Å²) in [5.41, 5.74) is 0.233. The number of benzene rings is 1. The Balaban J connectivity index is 2.27. The Hall–Kier alpha value is -1.75. The van der Waals surface area contributed by atoms with Crippen LogP contribution in [0.4, 0.5) is 10.5 Å². The molecule has 1 heterocycles. The zero-order chi connectivity index (χ0) is 13.2. The normalized spacial score (nSPS) is 23.1. The largest absolute Gasteiger partial charge is 0.495 e. The maximum Gasteiger partial charge on any atom is 0.415 e. The highest BCUT2D eigenvalue weighted by molar-refractivity contribution is 5.92. The van der Waals surface area contributed by atoms with Crippen LogP contribution in [-0.4, -0.2) is 38.9 Å². The van der Waals surface area contributed by atoms with Crippen molar-refractivity contribution in [2.45, 2.75) is 12.5 Å². The lowest BCUT2D eigenvalue weighted by Crippen LogP contribution is -2.40. The predicted molar refractivity (Wildman–Crippen MR) is 69.2 cm³/mol. The van der Waals surface area contributed by atoms with Crippen LogP contribution in [0.1, 0.15) is 6.92 Å². The molecule has 1 amide bonds. The molecule has 98 valence electrons. The Bertz CT molecular complexity index is 450. The fraction of sp³-hybridized carbons (Fsp3) is 0.462. The number of hydrogen-bond acceptors (Lipinski definition) is 4. The fourth-order valence-corrected chi connectivity index (χ4v) is 2.20. The van der Waals surface area contributed by atoms with Gasteiger partial charge in [0.15, 0.2) is 0 Å². The molecule has 1 atom stereocenters. The lowest BCUT2D eigenvalue weighted by molar-refractivity contribution is 0.0734. The molecule has 1 aromatic carbocycles. The topological polar surface area (TPSA) is 50.8 Å². The van der Waals surface area contributed by atoms with Gasteiger partial charge >= 0.3 is 6.09 Å². The molecule has 0 spiro atoms. The zero-order valence-corrected chi connectivity index (χ0v) is 10.9. The summed E-state index contributed by atoms with van der Waals surface area (Å²) in [4.78, 5) is 13.6. The third-order valence-electron chi connectivity index (χ3n) is 2.97. The van der Waals surface area contributed by atoms with Crippen molar-refractivity contribution in [2.24, 2.45) is 0 Å². The van der Waals surface area contributed by atoms with Crippen LogP contribution >= 0.6 is 0 Å². The van der Waals surface area contributed by atoms with Gasteiger partial charge in [-0.1, -0.05) is 12.1 Å². The minimum absolute atomic E-state index is 0.336. The molecule has 1 aliphatic rings. The summed E-state index contributed by atoms with van der Waals surface area (Å²) in [6.07, 6.45) is -0.336. The van der Waals surface area contributed by atoms with Crippen LogP contribution in [-0.2, 0) is 4.74 Å². The molecule has 5 heteroatoms. The summed E-state index contributed by atoms with van der Waals surface area (Å²) in [5, 5.41) is 3.04. The van der Waals surface area contributed by atoms with Gasteiger partial charge in [-0.2, -0.15) is 0 Å². The second kappa shape index (κ2) is 4.86. The standard InChI is InChI=1S/C13H18N2O3/c1-13(8-14-2)9-15(12(16)18-13)10-6-4-5-7-11(10)17-3/h4-7,14H,8-9H2,1-3H3. The van der Waals surface area contributed by atoms with Crippen molar-refractivity contribution in [1.82, 2.24) is 5.32 Å². The van der Waals surface area contributed by atoms with Crippen molar-refractivity contribution < 1.29 is 14.3 Å². The lowest BCUT2D eigenvalue weighted by atomic mass is 10.1. The minimum atomic E-state index is -0.507. The number of carbonyl (C=O) groups excluding carboxylic acids is 1. The van der Waals surface area contributed by atoms with Gasteiger partial charge in [0.25, 0.3) is 0 Å². The Morgan fingerprint density at radius 2 is 2.22 bits per heavy atom. The number of cyclic esters (lactones) is 1. The first-order valence-corrected chi connectivity index (χ1v) is 5.88. The van der Waals surface area contributed by atoms with E-state index in [1.54, 1.807) is 12.0 Å². The highest BCUT2D eigenvalue weighted by Gasteiger charge is 2.42. The molecule has 0 bridgehead atoms. The number of methoxy groups -OCH3 is 1. The molecular formula is C13H18N2O3. The molecule has 2 rings (SSSR count). The number of carbonyl (C=O) groups is 1. The molecule has 18 heavy (non-hydrogen) atoms. The molecule has 1 fully saturated rings. The predicted octanol–water partition coefficient (Wildman–Crippen LogP) is 1.63. The SMILES string of the molecule is CNCC1(C)CN(c2ccccc2OC)C(=O)O1. The third-order valence-corrected chi connectivity index (χ3v) is 2.97. The van der Waals surface area contributed by atoms with Gasteiger partial charge < -0.3 is 14.8 Å². The minimum Gasteiger partial charge on any atom is -0.495 e. The molecular weight excluding hydrogens is 232 g/mol. The summed E-state index contributed by atoms with van der Waals surface area (Å²) >= 11 is 0. The second-order valence-corrected chi connectivity index (χ2v) is 4.61. The summed E-state index contributed by atoms with van der Waals surface area (Å²) < 4.78 is 10.7. The second-order valence-electron chi connectivity index (χ2n) is 4.61. The number of anilines is 1. The van der Waals surface area contributed by atoms with Crippen LogP contribution in [0.2, 0.25) is 0 Å². The van der Waals surface area contributed by atoms with Crippen molar-refractivity contribution in [2.75, 3.05) is 32.1 Å². The van der Waals surface area contributed by atoms with Crippen molar-refractivity contribution >= 4 is 11.8 Å². The zero-order valence-electron chi connectivity index (χ0n) is 10.9. The quantitative estimate of drug-likeness (QED) is 0.882. The van der Waals surface area contributed by atoms with E-state index in [0.717, 1.165) is 5.69 Å². The molecule has 1 saturated heterocycles. The van der Waals surface area contributed by atoms with Crippen LogP contribution < -0.4 is 15.0 Å². The number of rotatable bonds is 4. The van der Waals surface area contributed by atoms with E-state index in [-0.39, 0.29) is 6.09 Å². The van der Waals surface area contributed by atoms with Gasteiger partial charge in [0.2, 0.25) is 0 Å². The third kappa shape index (κ3) is 2.26. The van der Waals surface area contributed by atoms with E-state index in [9.17, 15) is 4.79 Å². The Morgan fingerprint density at radius 3 is 2.89 bits per heavy atom. The number of nitrogens with zero attached hydrogens (tertiary/aromatic N) is 1. The maximum absolute atomic E-state index is 12.0. The number of hydrogen-bond donors (Lipinski definition) is 1. The number of ether oxygens (including phenoxy) is 2.